The average molecular weight is 616 g/mol. The summed E-state index contributed by atoms with van der Waals surface area (Å²) in [5, 5.41) is 8.46. The molecule has 3 aromatic heterocycles. The Bertz CT molecular complexity index is 1910. The summed E-state index contributed by atoms with van der Waals surface area (Å²) in [5.74, 6) is 0.442. The third-order valence-electron chi connectivity index (χ3n) is 7.79. The first-order chi connectivity index (χ1) is 22.2. The van der Waals surface area contributed by atoms with Crippen molar-refractivity contribution in [2.75, 3.05) is 43.5 Å². The molecule has 0 spiro atoms. The smallest absolute Gasteiger partial charge is 0.228 e. The predicted octanol–water partition coefficient (Wildman–Crippen LogP) is 6.32. The van der Waals surface area contributed by atoms with Crippen molar-refractivity contribution in [2.24, 2.45) is 0 Å². The molecule has 6 aromatic rings. The number of thiazole rings is 1. The number of morpholine rings is 1. The Labute approximate surface area is 265 Å². The summed E-state index contributed by atoms with van der Waals surface area (Å²) in [5.41, 5.74) is 7.18. The molecule has 226 valence electrons. The van der Waals surface area contributed by atoms with E-state index < -0.39 is 0 Å². The van der Waals surface area contributed by atoms with Crippen LogP contribution in [0.4, 0.5) is 17.3 Å². The van der Waals surface area contributed by atoms with Crippen molar-refractivity contribution in [3.63, 3.8) is 0 Å². The van der Waals surface area contributed by atoms with E-state index in [1.165, 1.54) is 5.56 Å². The summed E-state index contributed by atoms with van der Waals surface area (Å²) in [6.45, 7) is 4.60. The molecule has 9 nitrogen and oxygen atoms in total. The second-order valence-corrected chi connectivity index (χ2v) is 11.8. The van der Waals surface area contributed by atoms with E-state index in [1.54, 1.807) is 17.5 Å². The van der Waals surface area contributed by atoms with Gasteiger partial charge in [-0.15, -0.1) is 11.3 Å². The van der Waals surface area contributed by atoms with Gasteiger partial charge in [-0.05, 0) is 47.9 Å². The first-order valence-corrected chi connectivity index (χ1v) is 16.0. The number of fused-ring (bicyclic) bond motifs is 1. The fraction of sp³-hybridized carbons (Fsp3) is 0.200. The van der Waals surface area contributed by atoms with Gasteiger partial charge < -0.3 is 15.4 Å². The summed E-state index contributed by atoms with van der Waals surface area (Å²) >= 11 is 1.56. The topological polar surface area (TPSA) is 96.7 Å². The van der Waals surface area contributed by atoms with Gasteiger partial charge in [0, 0.05) is 54.3 Å². The van der Waals surface area contributed by atoms with Crippen LogP contribution in [-0.4, -0.2) is 63.0 Å². The molecule has 7 rings (SSSR count). The Morgan fingerprint density at radius 3 is 2.60 bits per heavy atom. The Kier molecular flexibility index (Phi) is 8.59. The van der Waals surface area contributed by atoms with E-state index in [9.17, 15) is 4.79 Å². The molecule has 1 fully saturated rings. The highest BCUT2D eigenvalue weighted by molar-refractivity contribution is 7.15. The van der Waals surface area contributed by atoms with Gasteiger partial charge in [-0.25, -0.2) is 15.0 Å². The van der Waals surface area contributed by atoms with Crippen molar-refractivity contribution in [1.82, 2.24) is 24.3 Å². The number of ether oxygens (including phenoxy) is 1. The molecule has 0 bridgehead atoms. The molecule has 0 saturated carbocycles. The zero-order chi connectivity index (χ0) is 30.4. The number of rotatable bonds is 10. The summed E-state index contributed by atoms with van der Waals surface area (Å²) in [4.78, 5) is 30.5. The minimum Gasteiger partial charge on any atom is -0.379 e. The van der Waals surface area contributed by atoms with Crippen molar-refractivity contribution >= 4 is 39.5 Å². The SMILES string of the molecule is O=C(Cc1ccccc1)Nc1cccc(-c2nc3sccn3c2-c2ccnc(Nc3cccc(CCN4CCOCC4)c3)n2)c1. The number of carbonyl (C=O) groups is 1. The fourth-order valence-electron chi connectivity index (χ4n) is 5.56. The van der Waals surface area contributed by atoms with Crippen molar-refractivity contribution in [2.45, 2.75) is 12.8 Å². The lowest BCUT2D eigenvalue weighted by Gasteiger charge is -2.26. The van der Waals surface area contributed by atoms with Crippen molar-refractivity contribution in [1.29, 1.82) is 0 Å². The van der Waals surface area contributed by atoms with Gasteiger partial charge >= 0.3 is 0 Å². The number of carbonyl (C=O) groups excluding carboxylic acids is 1. The third-order valence-corrected chi connectivity index (χ3v) is 8.55. The fourth-order valence-corrected chi connectivity index (χ4v) is 6.27. The average Bonchev–Trinajstić information content (AvgIpc) is 3.67. The van der Waals surface area contributed by atoms with Crippen LogP contribution in [0.5, 0.6) is 0 Å². The van der Waals surface area contributed by atoms with Gasteiger partial charge in [-0.1, -0.05) is 54.6 Å². The van der Waals surface area contributed by atoms with Crippen molar-refractivity contribution < 1.29 is 9.53 Å². The van der Waals surface area contributed by atoms with Crippen LogP contribution >= 0.6 is 11.3 Å². The van der Waals surface area contributed by atoms with Gasteiger partial charge in [0.1, 0.15) is 5.69 Å². The molecule has 45 heavy (non-hydrogen) atoms. The van der Waals surface area contributed by atoms with Crippen LogP contribution in [-0.2, 0) is 22.4 Å². The summed E-state index contributed by atoms with van der Waals surface area (Å²) in [7, 11) is 0. The van der Waals surface area contributed by atoms with E-state index in [2.05, 4.69) is 43.1 Å². The molecular formula is C35H33N7O2S. The summed E-state index contributed by atoms with van der Waals surface area (Å²) in [6, 6.07) is 27.8. The van der Waals surface area contributed by atoms with Gasteiger partial charge in [-0.2, -0.15) is 0 Å². The Morgan fingerprint density at radius 1 is 0.889 bits per heavy atom. The van der Waals surface area contributed by atoms with Crippen LogP contribution in [0.15, 0.2) is 103 Å². The van der Waals surface area contributed by atoms with Crippen LogP contribution in [0.25, 0.3) is 27.6 Å². The van der Waals surface area contributed by atoms with E-state index >= 15 is 0 Å². The van der Waals surface area contributed by atoms with Gasteiger partial charge in [-0.3, -0.25) is 14.1 Å². The zero-order valence-electron chi connectivity index (χ0n) is 24.7. The van der Waals surface area contributed by atoms with Gasteiger partial charge in [0.05, 0.1) is 31.0 Å². The van der Waals surface area contributed by atoms with E-state index in [-0.39, 0.29) is 5.91 Å². The second-order valence-electron chi connectivity index (χ2n) is 11.0. The van der Waals surface area contributed by atoms with Gasteiger partial charge in [0.25, 0.3) is 0 Å². The maximum absolute atomic E-state index is 12.8. The number of benzene rings is 3. The first-order valence-electron chi connectivity index (χ1n) is 15.1. The third kappa shape index (κ3) is 6.93. The summed E-state index contributed by atoms with van der Waals surface area (Å²) in [6.07, 6.45) is 5.05. The number of amides is 1. The Morgan fingerprint density at radius 2 is 1.71 bits per heavy atom. The maximum Gasteiger partial charge on any atom is 0.228 e. The number of imidazole rings is 1. The molecule has 0 unspecified atom stereocenters. The molecule has 3 aromatic carbocycles. The highest BCUT2D eigenvalue weighted by Gasteiger charge is 2.19. The van der Waals surface area contributed by atoms with E-state index in [0.29, 0.717) is 18.1 Å². The number of hydrogen-bond donors (Lipinski definition) is 2. The highest BCUT2D eigenvalue weighted by Crippen LogP contribution is 2.35. The van der Waals surface area contributed by atoms with E-state index in [4.69, 9.17) is 14.7 Å². The predicted molar refractivity (Wildman–Crippen MR) is 179 cm³/mol. The molecule has 1 aliphatic rings. The molecule has 1 saturated heterocycles. The van der Waals surface area contributed by atoms with Crippen molar-refractivity contribution in [3.05, 3.63) is 114 Å². The minimum absolute atomic E-state index is 0.0684. The lowest BCUT2D eigenvalue weighted by atomic mass is 10.1. The largest absolute Gasteiger partial charge is 0.379 e. The molecular weight excluding hydrogens is 582 g/mol. The number of hydrogen-bond acceptors (Lipinski definition) is 8. The minimum atomic E-state index is -0.0684. The molecule has 1 aliphatic heterocycles. The zero-order valence-corrected chi connectivity index (χ0v) is 25.5. The number of nitrogens with one attached hydrogen (secondary N) is 2. The normalized spacial score (nSPS) is 13.6. The quantitative estimate of drug-likeness (QED) is 0.186. The van der Waals surface area contributed by atoms with Crippen LogP contribution in [0.2, 0.25) is 0 Å². The Balaban J connectivity index is 1.12. The van der Waals surface area contributed by atoms with Crippen LogP contribution < -0.4 is 10.6 Å². The summed E-state index contributed by atoms with van der Waals surface area (Å²) < 4.78 is 7.53. The van der Waals surface area contributed by atoms with E-state index in [1.807, 2.05) is 78.3 Å². The molecule has 0 aliphatic carbocycles. The Hall–Kier alpha value is -4.90. The standard InChI is InChI=1S/C35H33N7O2S/c43-31(23-25-6-2-1-3-7-25)37-29-11-5-9-27(24-29)32-33(42-18-21-45-35(42)40-32)30-12-14-36-34(39-30)38-28-10-4-8-26(22-28)13-15-41-16-19-44-20-17-41/h1-12,14,18,21-22,24H,13,15-17,19-20,23H2,(H,37,43)(H,36,38,39). The lowest BCUT2D eigenvalue weighted by molar-refractivity contribution is -0.115. The van der Waals surface area contributed by atoms with E-state index in [0.717, 1.165) is 78.1 Å². The molecule has 10 heteroatoms. The number of anilines is 3. The van der Waals surface area contributed by atoms with Crippen LogP contribution in [0.1, 0.15) is 11.1 Å². The number of nitrogens with zero attached hydrogens (tertiary/aromatic N) is 5. The second kappa shape index (κ2) is 13.4. The molecule has 0 atom stereocenters. The lowest BCUT2D eigenvalue weighted by Crippen LogP contribution is -2.37. The molecule has 2 N–H and O–H groups in total. The van der Waals surface area contributed by atoms with Crippen molar-refractivity contribution in [3.8, 4) is 22.6 Å². The van der Waals surface area contributed by atoms with Crippen LogP contribution in [0.3, 0.4) is 0 Å². The van der Waals surface area contributed by atoms with Gasteiger partial charge in [0.2, 0.25) is 11.9 Å². The number of aromatic nitrogens is 4. The molecule has 4 heterocycles. The molecule has 0 radical (unpaired) electrons. The first kappa shape index (κ1) is 28.8. The highest BCUT2D eigenvalue weighted by atomic mass is 32.1. The monoisotopic (exact) mass is 615 g/mol. The van der Waals surface area contributed by atoms with Crippen LogP contribution in [0, 0.1) is 0 Å². The van der Waals surface area contributed by atoms with Gasteiger partial charge in [0.15, 0.2) is 4.96 Å². The molecule has 1 amide bonds. The maximum atomic E-state index is 12.8.